The van der Waals surface area contributed by atoms with Crippen molar-refractivity contribution in [1.82, 2.24) is 4.90 Å². The minimum absolute atomic E-state index is 0.0120. The molecule has 102 valence electrons. The van der Waals surface area contributed by atoms with Crippen molar-refractivity contribution in [3.05, 3.63) is 0 Å². The Labute approximate surface area is 107 Å². The van der Waals surface area contributed by atoms with Gasteiger partial charge in [0, 0.05) is 25.9 Å². The lowest BCUT2D eigenvalue weighted by Crippen LogP contribution is -2.60. The Morgan fingerprint density at radius 3 is 1.61 bits per heavy atom. The number of ether oxygens (including phenoxy) is 2. The van der Waals surface area contributed by atoms with Crippen LogP contribution in [0.25, 0.3) is 0 Å². The topological polar surface area (TPSA) is 55.8 Å². The first kappa shape index (κ1) is 13.3. The summed E-state index contributed by atoms with van der Waals surface area (Å²) in [7, 11) is 2.03. The zero-order chi connectivity index (χ0) is 13.3. The number of carbonyl (C=O) groups excluding carboxylic acids is 2. The first-order valence-electron chi connectivity index (χ1n) is 6.55. The molecular formula is C13H21NO4. The average molecular weight is 255 g/mol. The van der Waals surface area contributed by atoms with Crippen molar-refractivity contribution >= 4 is 11.9 Å². The Hall–Kier alpha value is -1.10. The maximum absolute atomic E-state index is 11.1. The van der Waals surface area contributed by atoms with Gasteiger partial charge >= 0.3 is 11.9 Å². The van der Waals surface area contributed by atoms with Crippen molar-refractivity contribution < 1.29 is 19.1 Å². The van der Waals surface area contributed by atoms with Gasteiger partial charge in [0.15, 0.2) is 0 Å². The molecule has 0 aromatic rings. The van der Waals surface area contributed by atoms with E-state index in [1.165, 1.54) is 13.8 Å². The number of likely N-dealkylation sites (N-methyl/N-ethyl adjacent to an activating group) is 1. The second-order valence-electron chi connectivity index (χ2n) is 5.25. The van der Waals surface area contributed by atoms with Crippen LogP contribution in [0.5, 0.6) is 0 Å². The zero-order valence-corrected chi connectivity index (χ0v) is 11.2. The fourth-order valence-corrected chi connectivity index (χ4v) is 3.31. The van der Waals surface area contributed by atoms with Crippen LogP contribution in [-0.2, 0) is 19.1 Å². The molecule has 2 rings (SSSR count). The van der Waals surface area contributed by atoms with Crippen LogP contribution in [0, 0.1) is 0 Å². The van der Waals surface area contributed by atoms with Crippen LogP contribution in [0.1, 0.15) is 39.5 Å². The molecule has 2 saturated heterocycles. The number of hydrogen-bond donors (Lipinski definition) is 0. The van der Waals surface area contributed by atoms with E-state index >= 15 is 0 Å². The summed E-state index contributed by atoms with van der Waals surface area (Å²) >= 11 is 0. The molecule has 5 nitrogen and oxygen atoms in total. The molecule has 2 heterocycles. The number of fused-ring (bicyclic) bond motifs is 2. The zero-order valence-electron chi connectivity index (χ0n) is 11.2. The summed E-state index contributed by atoms with van der Waals surface area (Å²) in [6.45, 7) is 2.91. The molecule has 5 heteroatoms. The van der Waals surface area contributed by atoms with Gasteiger partial charge < -0.3 is 9.47 Å². The average Bonchev–Trinajstić information content (AvgIpc) is 2.23. The van der Waals surface area contributed by atoms with E-state index in [1.54, 1.807) is 0 Å². The maximum atomic E-state index is 11.1. The van der Waals surface area contributed by atoms with Crippen LogP contribution < -0.4 is 0 Å². The molecule has 0 N–H and O–H groups in total. The van der Waals surface area contributed by atoms with Gasteiger partial charge in [0.25, 0.3) is 0 Å². The summed E-state index contributed by atoms with van der Waals surface area (Å²) in [5, 5.41) is 0. The van der Waals surface area contributed by atoms with Crippen molar-refractivity contribution in [3.8, 4) is 0 Å². The Kier molecular flexibility index (Phi) is 3.90. The minimum Gasteiger partial charge on any atom is -0.461 e. The Morgan fingerprint density at radius 1 is 0.889 bits per heavy atom. The fourth-order valence-electron chi connectivity index (χ4n) is 3.31. The van der Waals surface area contributed by atoms with Crippen molar-refractivity contribution in [3.63, 3.8) is 0 Å². The van der Waals surface area contributed by atoms with Gasteiger partial charge in [-0.15, -0.1) is 0 Å². The number of rotatable bonds is 2. The van der Waals surface area contributed by atoms with E-state index in [0.717, 1.165) is 25.7 Å². The lowest BCUT2D eigenvalue weighted by molar-refractivity contribution is -0.168. The summed E-state index contributed by atoms with van der Waals surface area (Å²) in [5.74, 6) is -0.428. The molecule has 2 aliphatic heterocycles. The van der Waals surface area contributed by atoms with Crippen LogP contribution in [0.3, 0.4) is 0 Å². The van der Waals surface area contributed by atoms with E-state index < -0.39 is 0 Å². The molecule has 18 heavy (non-hydrogen) atoms. The number of carbonyl (C=O) groups is 2. The third kappa shape index (κ3) is 2.66. The highest BCUT2D eigenvalue weighted by molar-refractivity contribution is 5.66. The highest BCUT2D eigenvalue weighted by Crippen LogP contribution is 2.35. The first-order chi connectivity index (χ1) is 8.49. The van der Waals surface area contributed by atoms with Gasteiger partial charge in [0.2, 0.25) is 0 Å². The highest BCUT2D eigenvalue weighted by atomic mass is 16.5. The van der Waals surface area contributed by atoms with Crippen LogP contribution >= 0.6 is 0 Å². The minimum atomic E-state index is -0.214. The Balaban J connectivity index is 2.02. The summed E-state index contributed by atoms with van der Waals surface area (Å²) in [4.78, 5) is 24.4. The second kappa shape index (κ2) is 5.26. The van der Waals surface area contributed by atoms with Crippen molar-refractivity contribution in [2.75, 3.05) is 7.05 Å². The van der Waals surface area contributed by atoms with E-state index in [0.29, 0.717) is 0 Å². The van der Waals surface area contributed by atoms with Crippen LogP contribution in [-0.4, -0.2) is 48.2 Å². The smallest absolute Gasteiger partial charge is 0.302 e. The molecule has 0 aromatic heterocycles. The van der Waals surface area contributed by atoms with Gasteiger partial charge in [-0.3, -0.25) is 14.5 Å². The van der Waals surface area contributed by atoms with Gasteiger partial charge in [0.1, 0.15) is 12.2 Å². The molecule has 0 aromatic carbocycles. The summed E-state index contributed by atoms with van der Waals surface area (Å²) in [5.41, 5.74) is 0. The first-order valence-corrected chi connectivity index (χ1v) is 6.55. The summed E-state index contributed by atoms with van der Waals surface area (Å²) in [6.07, 6.45) is 3.50. The molecule has 2 aliphatic rings. The van der Waals surface area contributed by atoms with Gasteiger partial charge in [-0.2, -0.15) is 0 Å². The highest BCUT2D eigenvalue weighted by Gasteiger charge is 2.44. The fraction of sp³-hybridized carbons (Fsp3) is 0.846. The standard InChI is InChI=1S/C13H21NO4/c1-8(15)17-12-6-4-11-13(18-9(2)16)7-5-10(12)14(11)3/h10-13H,4-7H2,1-3H3/t10-,11-,12-,13-/m0/s1. The van der Waals surface area contributed by atoms with E-state index in [1.807, 2.05) is 7.05 Å². The molecule has 4 atom stereocenters. The third-order valence-electron chi connectivity index (χ3n) is 4.03. The van der Waals surface area contributed by atoms with Crippen molar-refractivity contribution in [2.45, 2.75) is 63.8 Å². The monoisotopic (exact) mass is 255 g/mol. The van der Waals surface area contributed by atoms with E-state index in [-0.39, 0.29) is 36.2 Å². The summed E-state index contributed by atoms with van der Waals surface area (Å²) < 4.78 is 10.8. The molecule has 0 saturated carbocycles. The molecule has 0 spiro atoms. The largest absolute Gasteiger partial charge is 0.461 e. The van der Waals surface area contributed by atoms with Crippen LogP contribution in [0.15, 0.2) is 0 Å². The van der Waals surface area contributed by atoms with E-state index in [9.17, 15) is 9.59 Å². The van der Waals surface area contributed by atoms with Gasteiger partial charge in [-0.1, -0.05) is 0 Å². The number of hydrogen-bond acceptors (Lipinski definition) is 5. The molecule has 0 radical (unpaired) electrons. The molecule has 2 fully saturated rings. The van der Waals surface area contributed by atoms with Gasteiger partial charge in [-0.25, -0.2) is 0 Å². The number of nitrogens with zero attached hydrogens (tertiary/aromatic N) is 1. The van der Waals surface area contributed by atoms with Gasteiger partial charge in [0.05, 0.1) is 0 Å². The molecule has 0 amide bonds. The van der Waals surface area contributed by atoms with E-state index in [4.69, 9.17) is 9.47 Å². The summed E-state index contributed by atoms with van der Waals surface area (Å²) in [6, 6.07) is 0.527. The normalized spacial score (nSPS) is 35.9. The molecule has 2 bridgehead atoms. The Morgan fingerprint density at radius 2 is 1.28 bits per heavy atom. The van der Waals surface area contributed by atoms with Crippen molar-refractivity contribution in [1.29, 1.82) is 0 Å². The van der Waals surface area contributed by atoms with Gasteiger partial charge in [-0.05, 0) is 32.7 Å². The lowest BCUT2D eigenvalue weighted by atomic mass is 9.81. The molecule has 0 unspecified atom stereocenters. The van der Waals surface area contributed by atoms with Crippen LogP contribution in [0.2, 0.25) is 0 Å². The second-order valence-corrected chi connectivity index (χ2v) is 5.25. The van der Waals surface area contributed by atoms with E-state index in [2.05, 4.69) is 4.90 Å². The lowest BCUT2D eigenvalue weighted by Gasteiger charge is -2.50. The molecular weight excluding hydrogens is 234 g/mol. The third-order valence-corrected chi connectivity index (χ3v) is 4.03. The predicted molar refractivity (Wildman–Crippen MR) is 64.9 cm³/mol. The quantitative estimate of drug-likeness (QED) is 0.692. The number of piperidine rings is 2. The Bertz CT molecular complexity index is 312. The predicted octanol–water partition coefficient (Wildman–Crippen LogP) is 1.11. The van der Waals surface area contributed by atoms with Crippen LogP contribution in [0.4, 0.5) is 0 Å². The molecule has 0 aliphatic carbocycles. The maximum Gasteiger partial charge on any atom is 0.302 e. The SMILES string of the molecule is CC(=O)O[C@H]1CC[C@H]2[C@@H](OC(C)=O)CC[C@@H]1N2C. The van der Waals surface area contributed by atoms with Crippen molar-refractivity contribution in [2.24, 2.45) is 0 Å². The number of esters is 2.